The maximum Gasteiger partial charge on any atom is 0.330 e. The van der Waals surface area contributed by atoms with E-state index in [0.717, 1.165) is 67.7 Å². The molecule has 12 nitrogen and oxygen atoms in total. The number of carbonyl (C=O) groups excluding carboxylic acids is 4. The smallest absolute Gasteiger partial charge is 0.330 e. The zero-order chi connectivity index (χ0) is 43.0. The number of hydrazone groups is 1. The number of rotatable bonds is 20. The zero-order valence-electron chi connectivity index (χ0n) is 34.8. The van der Waals surface area contributed by atoms with Crippen LogP contribution < -0.4 is 24.0 Å². The predicted molar refractivity (Wildman–Crippen MR) is 236 cm³/mol. The molecule has 0 saturated heterocycles. The summed E-state index contributed by atoms with van der Waals surface area (Å²) >= 11 is 1.50. The van der Waals surface area contributed by atoms with Crippen LogP contribution in [-0.2, 0) is 23.9 Å². The molecular weight excluding hydrogens is 795 g/mol. The minimum absolute atomic E-state index is 0.173. The minimum atomic E-state index is -0.403. The van der Waals surface area contributed by atoms with Gasteiger partial charge in [-0.2, -0.15) is 5.10 Å². The van der Waals surface area contributed by atoms with Gasteiger partial charge in [0, 0.05) is 11.6 Å². The number of hydrogen-bond donors (Lipinski definition) is 0. The molecule has 0 unspecified atom stereocenters. The van der Waals surface area contributed by atoms with Gasteiger partial charge < -0.3 is 23.7 Å². The first-order valence-electron chi connectivity index (χ1n) is 21.3. The monoisotopic (exact) mass is 849 g/mol. The summed E-state index contributed by atoms with van der Waals surface area (Å²) in [5.74, 6) is 0.0433. The van der Waals surface area contributed by atoms with E-state index in [1.54, 1.807) is 59.8 Å². The number of ether oxygens (including phenoxy) is 5. The Hall–Kier alpha value is -5.82. The Morgan fingerprint density at radius 1 is 0.738 bits per heavy atom. The van der Waals surface area contributed by atoms with Crippen molar-refractivity contribution >= 4 is 56.8 Å². The summed E-state index contributed by atoms with van der Waals surface area (Å²) < 4.78 is 29.4. The third kappa shape index (κ3) is 13.3. The van der Waals surface area contributed by atoms with Gasteiger partial charge in [0.15, 0.2) is 0 Å². The molecule has 2 aliphatic carbocycles. The van der Waals surface area contributed by atoms with Crippen LogP contribution in [0.4, 0.5) is 5.13 Å². The van der Waals surface area contributed by atoms with Crippen molar-refractivity contribution in [2.24, 2.45) is 28.8 Å². The summed E-state index contributed by atoms with van der Waals surface area (Å²) in [6.07, 6.45) is 13.5. The molecule has 2 fully saturated rings. The number of unbranched alkanes of at least 4 members (excludes halogenated alkanes) is 3. The second kappa shape index (κ2) is 22.7. The van der Waals surface area contributed by atoms with Crippen LogP contribution in [0.2, 0.25) is 0 Å². The number of benzene rings is 3. The molecule has 2 saturated carbocycles. The normalized spacial score (nSPS) is 18.8. The first-order chi connectivity index (χ1) is 29.7. The third-order valence-corrected chi connectivity index (χ3v) is 12.1. The molecule has 2 aliphatic rings. The lowest BCUT2D eigenvalue weighted by Crippen LogP contribution is -2.30. The summed E-state index contributed by atoms with van der Waals surface area (Å²) in [7, 11) is 0. The van der Waals surface area contributed by atoms with E-state index < -0.39 is 5.97 Å². The molecule has 0 amide bonds. The second-order valence-corrected chi connectivity index (χ2v) is 16.7. The van der Waals surface area contributed by atoms with E-state index in [2.05, 4.69) is 20.1 Å². The van der Waals surface area contributed by atoms with E-state index >= 15 is 0 Å². The van der Waals surface area contributed by atoms with Gasteiger partial charge in [-0.05, 0) is 138 Å². The maximum absolute atomic E-state index is 13.5. The lowest BCUT2D eigenvalue weighted by molar-refractivity contribution is -0.145. The molecule has 13 heteroatoms. The van der Waals surface area contributed by atoms with Crippen molar-refractivity contribution in [3.63, 3.8) is 0 Å². The van der Waals surface area contributed by atoms with Crippen molar-refractivity contribution in [1.29, 1.82) is 0 Å². The number of nitrogens with zero attached hydrogens (tertiary/aromatic N) is 3. The fourth-order valence-electron chi connectivity index (χ4n) is 7.42. The lowest BCUT2D eigenvalue weighted by Gasteiger charge is -2.26. The average Bonchev–Trinajstić information content (AvgIpc) is 3.72. The molecule has 61 heavy (non-hydrogen) atoms. The Balaban J connectivity index is 1.01. The molecule has 0 N–H and O–H groups in total. The Bertz CT molecular complexity index is 2120. The lowest BCUT2D eigenvalue weighted by atomic mass is 9.82. The Labute approximate surface area is 361 Å². The molecule has 322 valence electrons. The van der Waals surface area contributed by atoms with Gasteiger partial charge in [-0.15, -0.1) is 6.58 Å². The average molecular weight is 850 g/mol. The number of aromatic nitrogens is 1. The van der Waals surface area contributed by atoms with Gasteiger partial charge >= 0.3 is 23.9 Å². The van der Waals surface area contributed by atoms with Crippen LogP contribution in [0.25, 0.3) is 10.2 Å². The number of hydrogen-bond acceptors (Lipinski definition) is 13. The van der Waals surface area contributed by atoms with Gasteiger partial charge in [0.1, 0.15) is 23.0 Å². The molecular formula is C48H55N3O9S. The van der Waals surface area contributed by atoms with E-state index in [1.165, 1.54) is 11.3 Å². The van der Waals surface area contributed by atoms with Gasteiger partial charge in [-0.25, -0.2) is 14.8 Å². The summed E-state index contributed by atoms with van der Waals surface area (Å²) in [4.78, 5) is 55.7. The molecule has 0 atom stereocenters. The van der Waals surface area contributed by atoms with Crippen molar-refractivity contribution in [1.82, 2.24) is 4.98 Å². The molecule has 1 heterocycles. The molecule has 6 rings (SSSR count). The zero-order valence-corrected chi connectivity index (χ0v) is 35.7. The fourth-order valence-corrected chi connectivity index (χ4v) is 8.35. The van der Waals surface area contributed by atoms with Gasteiger partial charge in [-0.1, -0.05) is 43.0 Å². The van der Waals surface area contributed by atoms with Crippen LogP contribution in [0.5, 0.6) is 23.0 Å². The summed E-state index contributed by atoms with van der Waals surface area (Å²) in [6.45, 7) is 10.8. The molecule has 0 aliphatic heterocycles. The van der Waals surface area contributed by atoms with Crippen LogP contribution in [0.1, 0.15) is 89.5 Å². The van der Waals surface area contributed by atoms with Gasteiger partial charge in [0.05, 0.1) is 53.9 Å². The van der Waals surface area contributed by atoms with Crippen LogP contribution in [0.15, 0.2) is 97.1 Å². The van der Waals surface area contributed by atoms with Crippen molar-refractivity contribution < 1.29 is 42.9 Å². The molecule has 1 aromatic heterocycles. The molecule has 0 spiro atoms. The van der Waals surface area contributed by atoms with E-state index in [1.807, 2.05) is 24.3 Å². The summed E-state index contributed by atoms with van der Waals surface area (Å²) in [6, 6.07) is 19.8. The largest absolute Gasteiger partial charge is 0.494 e. The van der Waals surface area contributed by atoms with Crippen molar-refractivity contribution in [2.45, 2.75) is 84.0 Å². The van der Waals surface area contributed by atoms with Gasteiger partial charge in [0.2, 0.25) is 5.13 Å². The standard InChI is InChI=1S/C48H55N3O9S/c1-4-28-51(48-50-41-12-8-9-13-43(41)61-48)49-32-37-31-40(26-27-42(37)60-47(55)34-16-14-33(3)15-17-34)59-46(54)36-20-18-35(19-21-36)45(53)58-39-24-22-38(23-25-39)56-29-10-6-7-11-30-57-44(52)5-2/h4-5,8-9,12-13,22-27,31-36H,1-2,6-7,10-11,14-21,28-30H2,3H3/b49-32+/t33-,34-,35-,36-. The van der Waals surface area contributed by atoms with E-state index in [9.17, 15) is 19.2 Å². The number of carbonyl (C=O) groups is 4. The van der Waals surface area contributed by atoms with Gasteiger partial charge in [-0.3, -0.25) is 14.4 Å². The van der Waals surface area contributed by atoms with E-state index in [-0.39, 0.29) is 35.7 Å². The molecule has 3 aromatic carbocycles. The van der Waals surface area contributed by atoms with Crippen molar-refractivity contribution in [3.05, 3.63) is 97.6 Å². The van der Waals surface area contributed by atoms with E-state index in [4.69, 9.17) is 33.8 Å². The number of para-hydroxylation sites is 1. The summed E-state index contributed by atoms with van der Waals surface area (Å²) in [5, 5.41) is 7.13. The SMILES string of the molecule is C=CCN(/N=C/c1cc(OC(=O)[C@H]2CC[C@H](C(=O)Oc3ccc(OCCCCCCOC(=O)C=C)cc3)CC2)ccc1OC(=O)[C@H]1CC[C@H](C)CC1)c1nc2ccccc2s1. The highest BCUT2D eigenvalue weighted by Crippen LogP contribution is 2.34. The Morgan fingerprint density at radius 3 is 1.98 bits per heavy atom. The topological polar surface area (TPSA) is 143 Å². The molecule has 0 bridgehead atoms. The number of thiazole rings is 1. The fraction of sp³-hybridized carbons (Fsp3) is 0.417. The highest BCUT2D eigenvalue weighted by molar-refractivity contribution is 7.22. The highest BCUT2D eigenvalue weighted by Gasteiger charge is 2.33. The maximum atomic E-state index is 13.5. The number of fused-ring (bicyclic) bond motifs is 1. The van der Waals surface area contributed by atoms with Crippen LogP contribution >= 0.6 is 11.3 Å². The van der Waals surface area contributed by atoms with Gasteiger partial charge in [0.25, 0.3) is 0 Å². The number of anilines is 1. The van der Waals surface area contributed by atoms with Crippen LogP contribution in [-0.4, -0.2) is 54.8 Å². The van der Waals surface area contributed by atoms with Crippen molar-refractivity contribution in [3.8, 4) is 23.0 Å². The predicted octanol–water partition coefficient (Wildman–Crippen LogP) is 10.0. The summed E-state index contributed by atoms with van der Waals surface area (Å²) in [5.41, 5.74) is 1.34. The molecule has 4 aromatic rings. The van der Waals surface area contributed by atoms with Crippen LogP contribution in [0, 0.1) is 23.7 Å². The Kier molecular flexibility index (Phi) is 16.6. The third-order valence-electron chi connectivity index (χ3n) is 11.1. The highest BCUT2D eigenvalue weighted by atomic mass is 32.1. The minimum Gasteiger partial charge on any atom is -0.494 e. The van der Waals surface area contributed by atoms with Crippen molar-refractivity contribution in [2.75, 3.05) is 24.8 Å². The first-order valence-corrected chi connectivity index (χ1v) is 22.1. The Morgan fingerprint density at radius 2 is 1.33 bits per heavy atom. The van der Waals surface area contributed by atoms with Crippen LogP contribution in [0.3, 0.4) is 0 Å². The first kappa shape index (κ1) is 44.7. The number of esters is 4. The van der Waals surface area contributed by atoms with E-state index in [0.29, 0.717) is 85.1 Å². The second-order valence-electron chi connectivity index (χ2n) is 15.7. The molecule has 0 radical (unpaired) electrons. The quantitative estimate of drug-likeness (QED) is 0.0159.